The van der Waals surface area contributed by atoms with E-state index >= 15 is 0 Å². The minimum absolute atomic E-state index is 1.12. The quantitative estimate of drug-likeness (QED) is 0.671. The Kier molecular flexibility index (Phi) is 2.91. The van der Waals surface area contributed by atoms with Crippen molar-refractivity contribution in [2.75, 3.05) is 0 Å². The number of aryl methyl sites for hydroxylation is 1. The first kappa shape index (κ1) is 10.7. The highest BCUT2D eigenvalue weighted by atomic mass is 14.1. The molecule has 0 unspecified atom stereocenters. The molecule has 0 N–H and O–H groups in total. The van der Waals surface area contributed by atoms with Gasteiger partial charge in [-0.3, -0.25) is 0 Å². The number of hydrogen-bond acceptors (Lipinski definition) is 0. The van der Waals surface area contributed by atoms with Crippen molar-refractivity contribution in [1.82, 2.24) is 0 Å². The molecule has 2 aromatic carbocycles. The molecule has 0 aliphatic carbocycles. The van der Waals surface area contributed by atoms with E-state index in [0.717, 1.165) is 5.57 Å². The van der Waals surface area contributed by atoms with Crippen LogP contribution in [-0.4, -0.2) is 0 Å². The molecule has 0 aliphatic rings. The molecule has 80 valence electrons. The molecular weight excluding hydrogens is 192 g/mol. The van der Waals surface area contributed by atoms with E-state index in [1.54, 1.807) is 0 Å². The van der Waals surface area contributed by atoms with Crippen LogP contribution in [0.25, 0.3) is 16.7 Å². The zero-order valence-corrected chi connectivity index (χ0v) is 9.83. The largest absolute Gasteiger partial charge is 0.0955 e. The van der Waals surface area contributed by atoms with Crippen LogP contribution in [0.4, 0.5) is 0 Å². The summed E-state index contributed by atoms with van der Waals surface area (Å²) >= 11 is 0. The third-order valence-corrected chi connectivity index (χ3v) is 2.79. The molecule has 0 saturated heterocycles. The summed E-state index contributed by atoms with van der Waals surface area (Å²) in [5.74, 6) is 0. The van der Waals surface area contributed by atoms with Crippen LogP contribution in [0.1, 0.15) is 18.1 Å². The van der Waals surface area contributed by atoms with Gasteiger partial charge in [0.05, 0.1) is 0 Å². The van der Waals surface area contributed by atoms with Gasteiger partial charge < -0.3 is 0 Å². The first-order chi connectivity index (χ1) is 7.68. The standard InChI is InChI=1S/C16H16/c1-12(2)16-10-9-15(11-13(16)3)14-7-5-4-6-8-14/h4-11H,1H2,2-3H3. The van der Waals surface area contributed by atoms with E-state index < -0.39 is 0 Å². The van der Waals surface area contributed by atoms with Crippen LogP contribution in [0, 0.1) is 6.92 Å². The Morgan fingerprint density at radius 1 is 0.938 bits per heavy atom. The van der Waals surface area contributed by atoms with Crippen molar-refractivity contribution in [3.05, 3.63) is 66.2 Å². The van der Waals surface area contributed by atoms with Crippen molar-refractivity contribution in [2.45, 2.75) is 13.8 Å². The highest BCUT2D eigenvalue weighted by molar-refractivity contribution is 5.71. The second-order valence-electron chi connectivity index (χ2n) is 4.18. The Morgan fingerprint density at radius 3 is 2.19 bits per heavy atom. The number of allylic oxidation sites excluding steroid dienone is 1. The van der Waals surface area contributed by atoms with Gasteiger partial charge in [0.1, 0.15) is 0 Å². The summed E-state index contributed by atoms with van der Waals surface area (Å²) in [5.41, 5.74) is 6.19. The fourth-order valence-electron chi connectivity index (χ4n) is 1.95. The summed E-state index contributed by atoms with van der Waals surface area (Å²) < 4.78 is 0. The van der Waals surface area contributed by atoms with Crippen molar-refractivity contribution in [3.63, 3.8) is 0 Å². The molecule has 0 saturated carbocycles. The van der Waals surface area contributed by atoms with Crippen LogP contribution < -0.4 is 0 Å². The summed E-state index contributed by atoms with van der Waals surface area (Å²) in [6.45, 7) is 8.17. The first-order valence-corrected chi connectivity index (χ1v) is 5.50. The maximum atomic E-state index is 3.99. The molecule has 0 bridgehead atoms. The van der Waals surface area contributed by atoms with Crippen LogP contribution in [0.3, 0.4) is 0 Å². The van der Waals surface area contributed by atoms with Crippen molar-refractivity contribution in [3.8, 4) is 11.1 Å². The van der Waals surface area contributed by atoms with Gasteiger partial charge in [-0.2, -0.15) is 0 Å². The molecule has 16 heavy (non-hydrogen) atoms. The van der Waals surface area contributed by atoms with Gasteiger partial charge in [0, 0.05) is 0 Å². The van der Waals surface area contributed by atoms with Gasteiger partial charge in [0.25, 0.3) is 0 Å². The lowest BCUT2D eigenvalue weighted by Gasteiger charge is -2.08. The third kappa shape index (κ3) is 2.06. The van der Waals surface area contributed by atoms with Gasteiger partial charge in [-0.25, -0.2) is 0 Å². The molecule has 2 rings (SSSR count). The molecule has 0 radical (unpaired) electrons. The summed E-state index contributed by atoms with van der Waals surface area (Å²) in [5, 5.41) is 0. The van der Waals surface area contributed by atoms with Crippen LogP contribution in [-0.2, 0) is 0 Å². The smallest absolute Gasteiger partial charge is 0.0181 e. The predicted molar refractivity (Wildman–Crippen MR) is 71.3 cm³/mol. The van der Waals surface area contributed by atoms with Crippen molar-refractivity contribution >= 4 is 5.57 Å². The van der Waals surface area contributed by atoms with E-state index in [9.17, 15) is 0 Å². The van der Waals surface area contributed by atoms with E-state index in [1.165, 1.54) is 22.3 Å². The molecule has 0 aliphatic heterocycles. The zero-order chi connectivity index (χ0) is 11.5. The lowest BCUT2D eigenvalue weighted by Crippen LogP contribution is -1.86. The van der Waals surface area contributed by atoms with Crippen molar-refractivity contribution in [1.29, 1.82) is 0 Å². The molecule has 2 aromatic rings. The minimum atomic E-state index is 1.12. The van der Waals surface area contributed by atoms with Crippen molar-refractivity contribution < 1.29 is 0 Å². The Balaban J connectivity index is 2.46. The average molecular weight is 208 g/mol. The van der Waals surface area contributed by atoms with Gasteiger partial charge in [0.15, 0.2) is 0 Å². The number of rotatable bonds is 2. The SMILES string of the molecule is C=C(C)c1ccc(-c2ccccc2)cc1C. The van der Waals surface area contributed by atoms with E-state index in [2.05, 4.69) is 56.0 Å². The molecule has 0 spiro atoms. The normalized spacial score (nSPS) is 10.1. The molecule has 0 heteroatoms. The summed E-state index contributed by atoms with van der Waals surface area (Å²) in [6.07, 6.45) is 0. The van der Waals surface area contributed by atoms with Gasteiger partial charge >= 0.3 is 0 Å². The Bertz CT molecular complexity index is 507. The van der Waals surface area contributed by atoms with E-state index in [0.29, 0.717) is 0 Å². The topological polar surface area (TPSA) is 0 Å². The molecule has 0 heterocycles. The number of benzene rings is 2. The average Bonchev–Trinajstić information content (AvgIpc) is 2.29. The summed E-state index contributed by atoms with van der Waals surface area (Å²) in [6, 6.07) is 17.0. The molecule has 0 nitrogen and oxygen atoms in total. The number of hydrogen-bond donors (Lipinski definition) is 0. The lowest BCUT2D eigenvalue weighted by molar-refractivity contribution is 1.41. The fraction of sp³-hybridized carbons (Fsp3) is 0.125. The van der Waals surface area contributed by atoms with Crippen LogP contribution in [0.15, 0.2) is 55.1 Å². The van der Waals surface area contributed by atoms with Gasteiger partial charge in [0.2, 0.25) is 0 Å². The summed E-state index contributed by atoms with van der Waals surface area (Å²) in [7, 11) is 0. The van der Waals surface area contributed by atoms with E-state index in [4.69, 9.17) is 0 Å². The first-order valence-electron chi connectivity index (χ1n) is 5.50. The lowest BCUT2D eigenvalue weighted by atomic mass is 9.97. The Labute approximate surface area is 97.3 Å². The zero-order valence-electron chi connectivity index (χ0n) is 9.83. The highest BCUT2D eigenvalue weighted by Gasteiger charge is 2.01. The maximum absolute atomic E-state index is 3.99. The molecular formula is C16H16. The van der Waals surface area contributed by atoms with Crippen LogP contribution >= 0.6 is 0 Å². The molecule has 0 amide bonds. The molecule has 0 aromatic heterocycles. The minimum Gasteiger partial charge on any atom is -0.0955 e. The van der Waals surface area contributed by atoms with Crippen molar-refractivity contribution in [2.24, 2.45) is 0 Å². The Morgan fingerprint density at radius 2 is 1.62 bits per heavy atom. The fourth-order valence-corrected chi connectivity index (χ4v) is 1.95. The van der Waals surface area contributed by atoms with Crippen LogP contribution in [0.2, 0.25) is 0 Å². The Hall–Kier alpha value is -1.82. The van der Waals surface area contributed by atoms with Gasteiger partial charge in [-0.1, -0.05) is 60.7 Å². The monoisotopic (exact) mass is 208 g/mol. The molecule has 0 fully saturated rings. The second kappa shape index (κ2) is 4.36. The predicted octanol–water partition coefficient (Wildman–Crippen LogP) is 4.70. The van der Waals surface area contributed by atoms with Gasteiger partial charge in [-0.15, -0.1) is 0 Å². The van der Waals surface area contributed by atoms with E-state index in [1.807, 2.05) is 13.0 Å². The third-order valence-electron chi connectivity index (χ3n) is 2.79. The second-order valence-corrected chi connectivity index (χ2v) is 4.18. The highest BCUT2D eigenvalue weighted by Crippen LogP contribution is 2.24. The van der Waals surface area contributed by atoms with E-state index in [-0.39, 0.29) is 0 Å². The van der Waals surface area contributed by atoms with Gasteiger partial charge in [-0.05, 0) is 36.1 Å². The summed E-state index contributed by atoms with van der Waals surface area (Å²) in [4.78, 5) is 0. The maximum Gasteiger partial charge on any atom is -0.0181 e. The van der Waals surface area contributed by atoms with Crippen LogP contribution in [0.5, 0.6) is 0 Å². The molecule has 0 atom stereocenters.